The predicted molar refractivity (Wildman–Crippen MR) is 109 cm³/mol. The van der Waals surface area contributed by atoms with Crippen LogP contribution in [0.1, 0.15) is 28.2 Å². The molecule has 0 N–H and O–H groups in total. The lowest BCUT2D eigenvalue weighted by molar-refractivity contribution is -0.307. The van der Waals surface area contributed by atoms with E-state index in [4.69, 9.17) is 14.5 Å². The average molecular weight is 411 g/mol. The number of carboxylic acid groups (broad SMARTS) is 1. The van der Waals surface area contributed by atoms with Gasteiger partial charge in [0.15, 0.2) is 11.5 Å². The Hall–Kier alpha value is -3.13. The highest BCUT2D eigenvalue weighted by Gasteiger charge is 2.23. The van der Waals surface area contributed by atoms with Gasteiger partial charge in [0.05, 0.1) is 18.5 Å². The third-order valence-corrected chi connectivity index (χ3v) is 6.16. The number of carbonyl (C=O) groups excluding carboxylic acids is 1. The van der Waals surface area contributed by atoms with Gasteiger partial charge in [0, 0.05) is 11.4 Å². The van der Waals surface area contributed by atoms with E-state index in [1.165, 1.54) is 7.11 Å². The van der Waals surface area contributed by atoms with E-state index in [0.717, 1.165) is 26.4 Å². The van der Waals surface area contributed by atoms with Crippen LogP contribution in [0.3, 0.4) is 0 Å². The number of aromatic nitrogens is 2. The average Bonchev–Trinajstić information content (AvgIpc) is 3.22. The molecule has 1 aliphatic heterocycles. The largest absolute Gasteiger partial charge is 0.546 e. The van der Waals surface area contributed by atoms with E-state index in [2.05, 4.69) is 0 Å². The molecule has 0 fully saturated rings. The maximum absolute atomic E-state index is 12.9. The van der Waals surface area contributed by atoms with Crippen LogP contribution in [0.15, 0.2) is 23.0 Å². The number of methoxy groups -OCH3 is 1. The second kappa shape index (κ2) is 7.36. The van der Waals surface area contributed by atoms with Crippen LogP contribution in [0.5, 0.6) is 11.5 Å². The van der Waals surface area contributed by atoms with Gasteiger partial charge in [0.25, 0.3) is 5.56 Å². The maximum Gasteiger partial charge on any atom is 0.262 e. The lowest BCUT2D eigenvalue weighted by Gasteiger charge is -2.12. The fraction of sp³-hybridized carbons (Fsp3) is 0.286. The van der Waals surface area contributed by atoms with Crippen molar-refractivity contribution in [1.82, 2.24) is 9.55 Å². The molecule has 0 bridgehead atoms. The highest BCUT2D eigenvalue weighted by Crippen LogP contribution is 2.34. The summed E-state index contributed by atoms with van der Waals surface area (Å²) >= 11 is 1.54. The molecule has 8 heteroatoms. The molecular formula is C21H19N2O5S-. The summed E-state index contributed by atoms with van der Waals surface area (Å²) in [5.74, 6) is 0.137. The minimum atomic E-state index is -1.30. The summed E-state index contributed by atoms with van der Waals surface area (Å²) in [6, 6.07) is 5.22. The third kappa shape index (κ3) is 3.40. The molecule has 0 aliphatic carbocycles. The molecule has 1 aliphatic rings. The number of benzene rings is 1. The van der Waals surface area contributed by atoms with Gasteiger partial charge >= 0.3 is 0 Å². The number of rotatable bonds is 5. The Labute approximate surface area is 170 Å². The Kier molecular flexibility index (Phi) is 4.87. The van der Waals surface area contributed by atoms with Crippen molar-refractivity contribution < 1.29 is 19.4 Å². The summed E-state index contributed by atoms with van der Waals surface area (Å²) in [4.78, 5) is 30.2. The van der Waals surface area contributed by atoms with Gasteiger partial charge in [-0.25, -0.2) is 4.98 Å². The van der Waals surface area contributed by atoms with Crippen LogP contribution in [0, 0.1) is 13.8 Å². The van der Waals surface area contributed by atoms with Crippen molar-refractivity contribution in [1.29, 1.82) is 0 Å². The monoisotopic (exact) mass is 411 g/mol. The molecule has 7 nitrogen and oxygen atoms in total. The smallest absolute Gasteiger partial charge is 0.262 e. The fourth-order valence-electron chi connectivity index (χ4n) is 3.49. The molecular weight excluding hydrogens is 392 g/mol. The summed E-state index contributed by atoms with van der Waals surface area (Å²) in [7, 11) is 1.49. The number of carboxylic acids is 1. The van der Waals surface area contributed by atoms with Crippen molar-refractivity contribution in [2.24, 2.45) is 0 Å². The molecule has 1 aromatic carbocycles. The Morgan fingerprint density at radius 1 is 1.34 bits per heavy atom. The molecule has 0 saturated carbocycles. The number of fused-ring (bicyclic) bond motifs is 2. The normalized spacial score (nSPS) is 14.4. The number of allylic oxidation sites excluding steroid dienone is 1. The quantitative estimate of drug-likeness (QED) is 0.639. The standard InChI is InChI=1S/C21H20N2O5S/c1-11-12(2)29-20-18(11)21(26)23-7-6-14(19(23)22-20)8-13-4-5-15(16(9-13)27-3)28-10-17(24)25/h4-5,8-9H,6-7,10H2,1-3H3,(H,24,25)/p-1/b14-8+. The van der Waals surface area contributed by atoms with Crippen LogP contribution in [0.2, 0.25) is 0 Å². The van der Waals surface area contributed by atoms with Crippen molar-refractivity contribution in [2.75, 3.05) is 13.7 Å². The van der Waals surface area contributed by atoms with Crippen LogP contribution in [-0.2, 0) is 11.3 Å². The van der Waals surface area contributed by atoms with Crippen LogP contribution in [-0.4, -0.2) is 29.2 Å². The van der Waals surface area contributed by atoms with Crippen LogP contribution >= 0.6 is 11.3 Å². The van der Waals surface area contributed by atoms with E-state index in [9.17, 15) is 14.7 Å². The molecule has 0 unspecified atom stereocenters. The second-order valence-corrected chi connectivity index (χ2v) is 8.05. The molecule has 0 radical (unpaired) electrons. The number of thiophene rings is 1. The maximum atomic E-state index is 12.9. The van der Waals surface area contributed by atoms with Crippen LogP contribution in [0.4, 0.5) is 0 Å². The van der Waals surface area contributed by atoms with Gasteiger partial charge < -0.3 is 19.4 Å². The predicted octanol–water partition coefficient (Wildman–Crippen LogP) is 2.16. The van der Waals surface area contributed by atoms with Crippen molar-refractivity contribution in [3.05, 3.63) is 50.4 Å². The Bertz CT molecular complexity index is 1220. The van der Waals surface area contributed by atoms with Crippen molar-refractivity contribution in [3.8, 4) is 11.5 Å². The lowest BCUT2D eigenvalue weighted by Crippen LogP contribution is -2.29. The molecule has 0 amide bonds. The Morgan fingerprint density at radius 2 is 2.14 bits per heavy atom. The van der Waals surface area contributed by atoms with Crippen LogP contribution in [0.25, 0.3) is 21.9 Å². The van der Waals surface area contributed by atoms with E-state index in [1.807, 2.05) is 19.9 Å². The zero-order valence-corrected chi connectivity index (χ0v) is 17.1. The first-order chi connectivity index (χ1) is 13.9. The molecule has 4 rings (SSSR count). The van der Waals surface area contributed by atoms with E-state index in [1.54, 1.807) is 34.1 Å². The van der Waals surface area contributed by atoms with Gasteiger partial charge in [-0.3, -0.25) is 9.36 Å². The summed E-state index contributed by atoms with van der Waals surface area (Å²) in [5.41, 5.74) is 2.84. The van der Waals surface area contributed by atoms with E-state index >= 15 is 0 Å². The number of ether oxygens (including phenoxy) is 2. The second-order valence-electron chi connectivity index (χ2n) is 6.85. The first kappa shape index (κ1) is 19.2. The van der Waals surface area contributed by atoms with E-state index < -0.39 is 12.6 Å². The molecule has 2 aromatic heterocycles. The number of nitrogens with zero attached hydrogens (tertiary/aromatic N) is 2. The summed E-state index contributed by atoms with van der Waals surface area (Å²) < 4.78 is 12.2. The SMILES string of the molecule is COc1cc(/C=C2\CCn3c2nc2sc(C)c(C)c2c3=O)ccc1OCC(=O)[O-]. The summed E-state index contributed by atoms with van der Waals surface area (Å²) in [6.07, 6.45) is 2.68. The van der Waals surface area contributed by atoms with Gasteiger partial charge in [0.2, 0.25) is 0 Å². The van der Waals surface area contributed by atoms with Gasteiger partial charge in [-0.05, 0) is 55.2 Å². The van der Waals surface area contributed by atoms with Gasteiger partial charge in [-0.2, -0.15) is 0 Å². The number of hydrogen-bond acceptors (Lipinski definition) is 7. The zero-order valence-electron chi connectivity index (χ0n) is 16.3. The molecule has 150 valence electrons. The molecule has 29 heavy (non-hydrogen) atoms. The van der Waals surface area contributed by atoms with Gasteiger partial charge in [-0.15, -0.1) is 11.3 Å². The molecule has 0 atom stereocenters. The first-order valence-electron chi connectivity index (χ1n) is 9.11. The topological polar surface area (TPSA) is 93.5 Å². The first-order valence-corrected chi connectivity index (χ1v) is 9.93. The Morgan fingerprint density at radius 3 is 2.86 bits per heavy atom. The van der Waals surface area contributed by atoms with Gasteiger partial charge in [0.1, 0.15) is 17.3 Å². The highest BCUT2D eigenvalue weighted by atomic mass is 32.1. The minimum absolute atomic E-state index is 0.0128. The molecule has 3 heterocycles. The number of carbonyl (C=O) groups is 1. The van der Waals surface area contributed by atoms with Crippen molar-refractivity contribution in [3.63, 3.8) is 0 Å². The van der Waals surface area contributed by atoms with Crippen molar-refractivity contribution >= 4 is 39.2 Å². The van der Waals surface area contributed by atoms with E-state index in [0.29, 0.717) is 35.7 Å². The Balaban J connectivity index is 1.73. The zero-order chi connectivity index (χ0) is 20.7. The van der Waals surface area contributed by atoms with E-state index in [-0.39, 0.29) is 5.56 Å². The number of aliphatic carboxylic acids is 1. The molecule has 3 aromatic rings. The van der Waals surface area contributed by atoms with Crippen LogP contribution < -0.4 is 20.1 Å². The summed E-state index contributed by atoms with van der Waals surface area (Å²) in [5, 5.41) is 11.3. The number of aryl methyl sites for hydroxylation is 2. The minimum Gasteiger partial charge on any atom is -0.546 e. The van der Waals surface area contributed by atoms with Crippen molar-refractivity contribution in [2.45, 2.75) is 26.8 Å². The third-order valence-electron chi connectivity index (χ3n) is 5.05. The highest BCUT2D eigenvalue weighted by molar-refractivity contribution is 7.18. The number of hydrogen-bond donors (Lipinski definition) is 0. The fourth-order valence-corrected chi connectivity index (χ4v) is 4.51. The molecule has 0 spiro atoms. The van der Waals surface area contributed by atoms with Gasteiger partial charge in [-0.1, -0.05) is 6.07 Å². The summed E-state index contributed by atoms with van der Waals surface area (Å²) in [6.45, 7) is 4.02. The lowest BCUT2D eigenvalue weighted by atomic mass is 10.1. The molecule has 0 saturated heterocycles.